The molecule has 1 aromatic rings. The molecule has 1 fully saturated rings. The van der Waals surface area contributed by atoms with Gasteiger partial charge in [0, 0.05) is 10.3 Å². The van der Waals surface area contributed by atoms with Crippen molar-refractivity contribution in [3.8, 4) is 0 Å². The topological polar surface area (TPSA) is 111 Å². The summed E-state index contributed by atoms with van der Waals surface area (Å²) in [5.74, 6) is -1.57. The molecule has 0 saturated carbocycles. The molecule has 0 atom stereocenters. The number of allylic oxidation sites excluding steroid dienone is 2. The Balaban J connectivity index is 2.25. The van der Waals surface area contributed by atoms with Gasteiger partial charge >= 0.3 is 11.9 Å². The summed E-state index contributed by atoms with van der Waals surface area (Å²) in [6.07, 6.45) is 5.51. The van der Waals surface area contributed by atoms with Crippen LogP contribution in [0.2, 0.25) is 0 Å². The van der Waals surface area contributed by atoms with Crippen LogP contribution in [0.15, 0.2) is 28.3 Å². The maximum absolute atomic E-state index is 13.3. The van der Waals surface area contributed by atoms with E-state index in [1.165, 1.54) is 25.6 Å². The van der Waals surface area contributed by atoms with Crippen molar-refractivity contribution in [3.63, 3.8) is 0 Å². The van der Waals surface area contributed by atoms with Gasteiger partial charge in [-0.05, 0) is 53.4 Å². The number of nitrogens with one attached hydrogen (secondary N) is 2. The summed E-state index contributed by atoms with van der Waals surface area (Å²) in [4.78, 5) is 51.6. The molecule has 0 bridgehead atoms. The van der Waals surface area contributed by atoms with Crippen LogP contribution < -0.4 is 10.6 Å². The highest BCUT2D eigenvalue weighted by Crippen LogP contribution is 2.28. The maximum Gasteiger partial charge on any atom is 0.340 e. The number of thiophene rings is 1. The minimum Gasteiger partial charge on any atom is -0.465 e. The van der Waals surface area contributed by atoms with Crippen LogP contribution in [-0.2, 0) is 23.9 Å². The minimum atomic E-state index is -0.528. The molecule has 1 saturated heterocycles. The molecule has 0 unspecified atom stereocenters. The van der Waals surface area contributed by atoms with Gasteiger partial charge in [-0.1, -0.05) is 11.6 Å². The van der Waals surface area contributed by atoms with Gasteiger partial charge in [-0.15, -0.1) is 11.3 Å². The molecule has 2 rings (SSSR count). The summed E-state index contributed by atoms with van der Waals surface area (Å²) in [6, 6.07) is 0. The Hall–Kier alpha value is -2.98. The Morgan fingerprint density at radius 3 is 2.14 bits per heavy atom. The lowest BCUT2D eigenvalue weighted by Gasteiger charge is -2.36. The number of carbonyl (C=O) groups excluding carboxylic acids is 4. The van der Waals surface area contributed by atoms with Crippen LogP contribution >= 0.6 is 11.3 Å². The summed E-state index contributed by atoms with van der Waals surface area (Å²) >= 11 is 1.36. The molecular formula is C26H38N3O6S+. The first kappa shape index (κ1) is 29.3. The molecule has 1 aliphatic rings. The van der Waals surface area contributed by atoms with Crippen molar-refractivity contribution in [1.82, 2.24) is 5.32 Å². The van der Waals surface area contributed by atoms with Crippen molar-refractivity contribution in [2.45, 2.75) is 53.4 Å². The lowest BCUT2D eigenvalue weighted by atomic mass is 10.1. The van der Waals surface area contributed by atoms with Crippen LogP contribution in [0.5, 0.6) is 0 Å². The van der Waals surface area contributed by atoms with E-state index in [0.29, 0.717) is 34.5 Å². The number of hydrogen-bond acceptors (Lipinski definition) is 7. The van der Waals surface area contributed by atoms with Gasteiger partial charge < -0.3 is 24.6 Å². The number of aryl methyl sites for hydroxylation is 1. The lowest BCUT2D eigenvalue weighted by molar-refractivity contribution is -0.912. The number of quaternary nitrogens is 1. The molecular weight excluding hydrogens is 482 g/mol. The van der Waals surface area contributed by atoms with E-state index in [4.69, 9.17) is 9.47 Å². The largest absolute Gasteiger partial charge is 0.465 e. The summed E-state index contributed by atoms with van der Waals surface area (Å²) in [5, 5.41) is 7.46. The van der Waals surface area contributed by atoms with Crippen molar-refractivity contribution in [2.75, 3.05) is 45.7 Å². The molecule has 0 aromatic carbocycles. The SMILES string of the molecule is C/C=C(/C(=O)OC)C(NC(=O)C[N+]1(CC(=O)Nc2c(C(=O)OC)csc2C)CCCCCC1)=C(C)C. The molecule has 0 spiro atoms. The van der Waals surface area contributed by atoms with Gasteiger partial charge in [0.1, 0.15) is 0 Å². The standard InChI is InChI=1S/C26H37N3O6S/c1-7-19(25(32)34-5)23(17(2)3)27-21(30)14-29(12-10-8-9-11-13-29)15-22(31)28-24-18(4)36-16-20(24)26(33)35-6/h7,16H,8-15H2,1-6H3,(H-,27,28,30,31)/p+1/b19-7+. The molecule has 2 heterocycles. The Kier molecular flexibility index (Phi) is 10.9. The second kappa shape index (κ2) is 13.4. The zero-order chi connectivity index (χ0) is 26.9. The average molecular weight is 521 g/mol. The Morgan fingerprint density at radius 1 is 1.00 bits per heavy atom. The first-order valence-electron chi connectivity index (χ1n) is 12.1. The van der Waals surface area contributed by atoms with Crippen LogP contribution in [0.1, 0.15) is 61.7 Å². The highest BCUT2D eigenvalue weighted by atomic mass is 32.1. The number of carbonyl (C=O) groups is 4. The van der Waals surface area contributed by atoms with E-state index >= 15 is 0 Å². The number of rotatable bonds is 9. The predicted octanol–water partition coefficient (Wildman–Crippen LogP) is 3.70. The summed E-state index contributed by atoms with van der Waals surface area (Å²) in [6.45, 7) is 8.73. The monoisotopic (exact) mass is 520 g/mol. The van der Waals surface area contributed by atoms with E-state index in [1.807, 2.05) is 20.8 Å². The van der Waals surface area contributed by atoms with E-state index in [-0.39, 0.29) is 30.5 Å². The number of likely N-dealkylation sites (tertiary alicyclic amines) is 1. The molecule has 36 heavy (non-hydrogen) atoms. The van der Waals surface area contributed by atoms with Crippen LogP contribution in [0, 0.1) is 6.92 Å². The van der Waals surface area contributed by atoms with Crippen molar-refractivity contribution < 1.29 is 33.1 Å². The number of methoxy groups -OCH3 is 2. The Bertz CT molecular complexity index is 1040. The first-order valence-corrected chi connectivity index (χ1v) is 13.0. The third-order valence-corrected chi connectivity index (χ3v) is 7.26. The molecule has 0 aliphatic carbocycles. The highest BCUT2D eigenvalue weighted by molar-refractivity contribution is 7.10. The van der Waals surface area contributed by atoms with Crippen molar-refractivity contribution in [1.29, 1.82) is 0 Å². The van der Waals surface area contributed by atoms with E-state index in [1.54, 1.807) is 18.4 Å². The molecule has 198 valence electrons. The van der Waals surface area contributed by atoms with Crippen molar-refractivity contribution in [2.24, 2.45) is 0 Å². The number of anilines is 1. The second-order valence-electron chi connectivity index (χ2n) is 9.26. The number of esters is 2. The van der Waals surface area contributed by atoms with E-state index in [9.17, 15) is 19.2 Å². The highest BCUT2D eigenvalue weighted by Gasteiger charge is 2.35. The van der Waals surface area contributed by atoms with Crippen molar-refractivity contribution in [3.05, 3.63) is 38.7 Å². The Morgan fingerprint density at radius 2 is 1.61 bits per heavy atom. The zero-order valence-electron chi connectivity index (χ0n) is 22.1. The minimum absolute atomic E-state index is 0.0921. The summed E-state index contributed by atoms with van der Waals surface area (Å²) < 4.78 is 10.0. The predicted molar refractivity (Wildman–Crippen MR) is 140 cm³/mol. The third-order valence-electron chi connectivity index (χ3n) is 6.35. The lowest BCUT2D eigenvalue weighted by Crippen LogP contribution is -2.57. The molecule has 0 radical (unpaired) electrons. The Labute approximate surface area is 217 Å². The number of amides is 2. The fourth-order valence-corrected chi connectivity index (χ4v) is 5.29. The van der Waals surface area contributed by atoms with E-state index in [2.05, 4.69) is 10.6 Å². The summed E-state index contributed by atoms with van der Waals surface area (Å²) in [5.41, 5.74) is 2.25. The second-order valence-corrected chi connectivity index (χ2v) is 10.3. The normalized spacial score (nSPS) is 15.3. The molecule has 9 nitrogen and oxygen atoms in total. The fourth-order valence-electron chi connectivity index (χ4n) is 4.51. The van der Waals surface area contributed by atoms with Crippen LogP contribution in [0.25, 0.3) is 0 Å². The number of hydrogen-bond donors (Lipinski definition) is 2. The number of nitrogens with zero attached hydrogens (tertiary/aromatic N) is 1. The van der Waals surface area contributed by atoms with Gasteiger partial charge in [0.2, 0.25) is 0 Å². The van der Waals surface area contributed by atoms with Gasteiger partial charge in [-0.3, -0.25) is 9.59 Å². The first-order chi connectivity index (χ1) is 17.1. The van der Waals surface area contributed by atoms with E-state index in [0.717, 1.165) is 36.1 Å². The summed E-state index contributed by atoms with van der Waals surface area (Å²) in [7, 11) is 2.60. The molecule has 2 amide bonds. The number of ether oxygens (including phenoxy) is 2. The van der Waals surface area contributed by atoms with Gasteiger partial charge in [0.05, 0.1) is 49.8 Å². The molecule has 10 heteroatoms. The molecule has 1 aromatic heterocycles. The van der Waals surface area contributed by atoms with Crippen molar-refractivity contribution >= 4 is 40.8 Å². The van der Waals surface area contributed by atoms with Crippen LogP contribution in [-0.4, -0.2) is 68.6 Å². The van der Waals surface area contributed by atoms with Gasteiger partial charge in [-0.25, -0.2) is 9.59 Å². The molecule has 1 aliphatic heterocycles. The average Bonchev–Trinajstić information content (AvgIpc) is 3.04. The van der Waals surface area contributed by atoms with E-state index < -0.39 is 11.9 Å². The maximum atomic E-state index is 13.3. The van der Waals surface area contributed by atoms with Gasteiger partial charge in [-0.2, -0.15) is 0 Å². The quantitative estimate of drug-likeness (QED) is 0.222. The third kappa shape index (κ3) is 7.51. The van der Waals surface area contributed by atoms with Crippen LogP contribution in [0.4, 0.5) is 5.69 Å². The van der Waals surface area contributed by atoms with Gasteiger partial charge in [0.25, 0.3) is 11.8 Å². The molecule has 2 N–H and O–H groups in total. The van der Waals surface area contributed by atoms with Crippen LogP contribution in [0.3, 0.4) is 0 Å². The smallest absolute Gasteiger partial charge is 0.340 e. The van der Waals surface area contributed by atoms with Gasteiger partial charge in [0.15, 0.2) is 13.1 Å². The fraction of sp³-hybridized carbons (Fsp3) is 0.538. The zero-order valence-corrected chi connectivity index (χ0v) is 22.9.